The van der Waals surface area contributed by atoms with E-state index >= 15 is 0 Å². The Bertz CT molecular complexity index is 1430. The summed E-state index contributed by atoms with van der Waals surface area (Å²) in [7, 11) is 0. The van der Waals surface area contributed by atoms with Crippen LogP contribution in [0.3, 0.4) is 0 Å². The number of aromatic amines is 1. The number of amides is 2. The molecule has 2 fully saturated rings. The highest BCUT2D eigenvalue weighted by molar-refractivity contribution is 6.02. The van der Waals surface area contributed by atoms with Gasteiger partial charge in [-0.2, -0.15) is 5.10 Å². The minimum atomic E-state index is -0.352. The molecule has 0 aromatic carbocycles. The summed E-state index contributed by atoms with van der Waals surface area (Å²) in [5.41, 5.74) is 3.47. The topological polar surface area (TPSA) is 135 Å². The highest BCUT2D eigenvalue weighted by atomic mass is 16.2. The third-order valence-electron chi connectivity index (χ3n) is 6.84. The summed E-state index contributed by atoms with van der Waals surface area (Å²) in [5.74, 6) is 0.0595. The number of carbonyl (C=O) groups is 2. The van der Waals surface area contributed by atoms with Crippen molar-refractivity contribution in [3.63, 3.8) is 0 Å². The second-order valence-electron chi connectivity index (χ2n) is 9.33. The van der Waals surface area contributed by atoms with Gasteiger partial charge in [-0.3, -0.25) is 14.7 Å². The number of hydrogen-bond donors (Lipinski definition) is 2. The Morgan fingerprint density at radius 1 is 1.11 bits per heavy atom. The standard InChI is InChI=1S/C25H23N9O2/c1-2-23(35)33-14-25(15-33)8-18(9-25)34-13-21(31-32-34)16-6-7-22(26-10-16)30-24(36)20-5-3-4-19(29-20)17-11-27-28-12-17/h2-7,10-13,18H,1,8-9,14-15H2,(H,27,28)(H,26,30,36). The lowest BCUT2D eigenvalue weighted by Gasteiger charge is -2.58. The van der Waals surface area contributed by atoms with Crippen LogP contribution in [0.25, 0.3) is 22.5 Å². The largest absolute Gasteiger partial charge is 0.338 e. The van der Waals surface area contributed by atoms with E-state index < -0.39 is 0 Å². The van der Waals surface area contributed by atoms with Crippen molar-refractivity contribution in [2.24, 2.45) is 5.41 Å². The van der Waals surface area contributed by atoms with E-state index in [9.17, 15) is 9.59 Å². The van der Waals surface area contributed by atoms with E-state index in [1.54, 1.807) is 36.8 Å². The minimum absolute atomic E-state index is 0.00158. The lowest BCUT2D eigenvalue weighted by atomic mass is 9.60. The third-order valence-corrected chi connectivity index (χ3v) is 6.84. The maximum Gasteiger partial charge on any atom is 0.275 e. The van der Waals surface area contributed by atoms with Crippen LogP contribution < -0.4 is 5.32 Å². The quantitative estimate of drug-likeness (QED) is 0.404. The molecule has 2 aliphatic rings. The molecule has 180 valence electrons. The van der Waals surface area contributed by atoms with Gasteiger partial charge in [0.05, 0.1) is 24.1 Å². The van der Waals surface area contributed by atoms with Crippen molar-refractivity contribution in [2.75, 3.05) is 18.4 Å². The summed E-state index contributed by atoms with van der Waals surface area (Å²) in [4.78, 5) is 35.0. The molecule has 0 bridgehead atoms. The van der Waals surface area contributed by atoms with E-state index in [0.717, 1.165) is 37.1 Å². The molecule has 1 aliphatic carbocycles. The van der Waals surface area contributed by atoms with Gasteiger partial charge in [0.25, 0.3) is 5.91 Å². The first kappa shape index (κ1) is 21.8. The number of likely N-dealkylation sites (tertiary alicyclic amines) is 1. The summed E-state index contributed by atoms with van der Waals surface area (Å²) in [6, 6.07) is 9.09. The monoisotopic (exact) mass is 481 g/mol. The molecule has 1 spiro atoms. The number of rotatable bonds is 6. The summed E-state index contributed by atoms with van der Waals surface area (Å²) in [6.07, 6.45) is 10.3. The zero-order valence-electron chi connectivity index (χ0n) is 19.3. The summed E-state index contributed by atoms with van der Waals surface area (Å²) in [6.45, 7) is 5.13. The van der Waals surface area contributed by atoms with Gasteiger partial charge in [-0.05, 0) is 43.2 Å². The Hall–Kier alpha value is -4.67. The van der Waals surface area contributed by atoms with Gasteiger partial charge in [-0.1, -0.05) is 17.9 Å². The molecule has 0 radical (unpaired) electrons. The number of aromatic nitrogens is 7. The number of nitrogens with one attached hydrogen (secondary N) is 2. The van der Waals surface area contributed by atoms with Crippen LogP contribution in [0.15, 0.2) is 67.8 Å². The van der Waals surface area contributed by atoms with Gasteiger partial charge >= 0.3 is 0 Å². The number of anilines is 1. The van der Waals surface area contributed by atoms with Crippen LogP contribution in [0.2, 0.25) is 0 Å². The molecule has 5 heterocycles. The van der Waals surface area contributed by atoms with Crippen LogP contribution in [0.4, 0.5) is 5.82 Å². The Kier molecular flexibility index (Phi) is 5.17. The first-order valence-electron chi connectivity index (χ1n) is 11.6. The lowest BCUT2D eigenvalue weighted by molar-refractivity contribution is -0.149. The van der Waals surface area contributed by atoms with Crippen molar-refractivity contribution in [3.8, 4) is 22.5 Å². The maximum atomic E-state index is 12.7. The fraction of sp³-hybridized carbons (Fsp3) is 0.240. The van der Waals surface area contributed by atoms with Crippen molar-refractivity contribution >= 4 is 17.6 Å². The second-order valence-corrected chi connectivity index (χ2v) is 9.33. The SMILES string of the molecule is C=CC(=O)N1CC2(CC(n3cc(-c4ccc(NC(=O)c5cccc(-c6cn[nH]c6)n5)nc4)nn3)C2)C1. The number of pyridine rings is 2. The third kappa shape index (κ3) is 3.94. The average molecular weight is 482 g/mol. The van der Waals surface area contributed by atoms with Crippen molar-refractivity contribution in [3.05, 3.63) is 73.5 Å². The molecule has 11 nitrogen and oxygen atoms in total. The molecule has 2 N–H and O–H groups in total. The van der Waals surface area contributed by atoms with Gasteiger partial charge in [0.1, 0.15) is 17.2 Å². The van der Waals surface area contributed by atoms with Crippen LogP contribution in [-0.2, 0) is 4.79 Å². The van der Waals surface area contributed by atoms with E-state index in [1.807, 2.05) is 27.9 Å². The first-order chi connectivity index (χ1) is 17.5. The van der Waals surface area contributed by atoms with Crippen molar-refractivity contribution in [2.45, 2.75) is 18.9 Å². The van der Waals surface area contributed by atoms with E-state index in [4.69, 9.17) is 0 Å². The molecule has 1 saturated carbocycles. The van der Waals surface area contributed by atoms with Crippen LogP contribution in [0.1, 0.15) is 29.4 Å². The van der Waals surface area contributed by atoms with Crippen LogP contribution in [0, 0.1) is 5.41 Å². The highest BCUT2D eigenvalue weighted by Gasteiger charge is 2.54. The minimum Gasteiger partial charge on any atom is -0.338 e. The molecule has 0 unspecified atom stereocenters. The smallest absolute Gasteiger partial charge is 0.275 e. The van der Waals surface area contributed by atoms with Crippen LogP contribution >= 0.6 is 0 Å². The molecule has 6 rings (SSSR count). The molecule has 4 aromatic rings. The first-order valence-corrected chi connectivity index (χ1v) is 11.6. The van der Waals surface area contributed by atoms with E-state index in [-0.39, 0.29) is 29.0 Å². The van der Waals surface area contributed by atoms with Crippen LogP contribution in [0.5, 0.6) is 0 Å². The Morgan fingerprint density at radius 3 is 2.69 bits per heavy atom. The molecule has 36 heavy (non-hydrogen) atoms. The normalized spacial score (nSPS) is 16.3. The van der Waals surface area contributed by atoms with E-state index in [0.29, 0.717) is 17.2 Å². The Labute approximate surface area is 206 Å². The molecular weight excluding hydrogens is 458 g/mol. The average Bonchev–Trinajstić information content (AvgIpc) is 3.56. The number of hydrogen-bond acceptors (Lipinski definition) is 7. The number of nitrogens with zero attached hydrogens (tertiary/aromatic N) is 7. The molecular formula is C25H23N9O2. The molecule has 2 amide bonds. The molecule has 1 aliphatic heterocycles. The summed E-state index contributed by atoms with van der Waals surface area (Å²) < 4.78 is 1.90. The summed E-state index contributed by atoms with van der Waals surface area (Å²) in [5, 5.41) is 18.0. The highest BCUT2D eigenvalue weighted by Crippen LogP contribution is 2.53. The van der Waals surface area contributed by atoms with Crippen molar-refractivity contribution in [1.82, 2.24) is 40.1 Å². The predicted molar refractivity (Wildman–Crippen MR) is 131 cm³/mol. The van der Waals surface area contributed by atoms with E-state index in [2.05, 4.69) is 42.4 Å². The zero-order valence-corrected chi connectivity index (χ0v) is 19.3. The zero-order chi connectivity index (χ0) is 24.7. The molecule has 11 heteroatoms. The number of H-pyrrole nitrogens is 1. The van der Waals surface area contributed by atoms with Gasteiger partial charge in [-0.15, -0.1) is 5.10 Å². The Morgan fingerprint density at radius 2 is 1.97 bits per heavy atom. The van der Waals surface area contributed by atoms with Gasteiger partial charge < -0.3 is 10.2 Å². The molecule has 4 aromatic heterocycles. The second kappa shape index (κ2) is 8.52. The van der Waals surface area contributed by atoms with Crippen molar-refractivity contribution in [1.29, 1.82) is 0 Å². The van der Waals surface area contributed by atoms with Gasteiger partial charge in [-0.25, -0.2) is 14.6 Å². The fourth-order valence-electron chi connectivity index (χ4n) is 4.93. The van der Waals surface area contributed by atoms with Crippen LogP contribution in [-0.4, -0.2) is 65.0 Å². The maximum absolute atomic E-state index is 12.7. The van der Waals surface area contributed by atoms with Crippen molar-refractivity contribution < 1.29 is 9.59 Å². The predicted octanol–water partition coefficient (Wildman–Crippen LogP) is 2.73. The fourth-order valence-corrected chi connectivity index (χ4v) is 4.93. The molecule has 0 atom stereocenters. The number of carbonyl (C=O) groups excluding carboxylic acids is 2. The van der Waals surface area contributed by atoms with E-state index in [1.165, 1.54) is 6.08 Å². The van der Waals surface area contributed by atoms with Gasteiger partial charge in [0.15, 0.2) is 0 Å². The summed E-state index contributed by atoms with van der Waals surface area (Å²) >= 11 is 0. The van der Waals surface area contributed by atoms with Gasteiger partial charge in [0.2, 0.25) is 5.91 Å². The lowest BCUT2D eigenvalue weighted by Crippen LogP contribution is -2.63. The molecule has 1 saturated heterocycles. The van der Waals surface area contributed by atoms with Gasteiger partial charge in [0, 0.05) is 42.0 Å². The Balaban J connectivity index is 1.07.